The van der Waals surface area contributed by atoms with E-state index in [9.17, 15) is 19.2 Å². The Hall–Kier alpha value is -3.52. The molecule has 0 aliphatic rings. The van der Waals surface area contributed by atoms with Crippen LogP contribution in [-0.2, 0) is 66.4 Å². The predicted octanol–water partition coefficient (Wildman–Crippen LogP) is 0.0382. The molecule has 0 fully saturated rings. The molecule has 22 nitrogen and oxygen atoms in total. The molecule has 22 heteroatoms. The minimum Gasteiger partial charge on any atom is -0.382 e. The molecule has 1 heterocycles. The zero-order valence-electron chi connectivity index (χ0n) is 36.8. The molecule has 0 unspecified atom stereocenters. The van der Waals surface area contributed by atoms with Gasteiger partial charge in [-0.2, -0.15) is 0 Å². The second-order valence-electron chi connectivity index (χ2n) is 13.1. The maximum atomic E-state index is 12.5. The lowest BCUT2D eigenvalue weighted by Crippen LogP contribution is -2.28. The first-order valence-electron chi connectivity index (χ1n) is 21.1. The fourth-order valence-corrected chi connectivity index (χ4v) is 4.79. The number of ketones is 2. The molecule has 0 atom stereocenters. The van der Waals surface area contributed by atoms with Crippen molar-refractivity contribution < 1.29 is 76.0 Å². The lowest BCUT2D eigenvalue weighted by atomic mass is 10.1. The fourth-order valence-electron chi connectivity index (χ4n) is 4.79. The van der Waals surface area contributed by atoms with Crippen molar-refractivity contribution in [1.82, 2.24) is 20.6 Å². The summed E-state index contributed by atoms with van der Waals surface area (Å²) in [5.74, 6) is -1.68. The van der Waals surface area contributed by atoms with E-state index in [2.05, 4.69) is 20.6 Å². The number of rotatable bonds is 46. The maximum absolute atomic E-state index is 12.5. The maximum Gasteiger partial charge on any atom is 0.273 e. The number of methoxy groups -OCH3 is 1. The number of carbonyl (C=O) groups is 4. The summed E-state index contributed by atoms with van der Waals surface area (Å²) in [6, 6.07) is 0. The van der Waals surface area contributed by atoms with Crippen LogP contribution in [0.15, 0.2) is 0 Å². The first-order valence-corrected chi connectivity index (χ1v) is 21.1. The van der Waals surface area contributed by atoms with Gasteiger partial charge in [-0.25, -0.2) is 9.97 Å². The molecule has 0 saturated heterocycles. The summed E-state index contributed by atoms with van der Waals surface area (Å²) >= 11 is 0. The zero-order chi connectivity index (χ0) is 45.1. The van der Waals surface area contributed by atoms with Crippen LogP contribution >= 0.6 is 0 Å². The average molecular weight is 893 g/mol. The number of anilines is 2. The third-order valence-electron chi connectivity index (χ3n) is 7.98. The number of ether oxygens (including phenoxy) is 12. The van der Waals surface area contributed by atoms with Gasteiger partial charge in [0.05, 0.1) is 152 Å². The van der Waals surface area contributed by atoms with Gasteiger partial charge in [0.15, 0.2) is 28.8 Å². The summed E-state index contributed by atoms with van der Waals surface area (Å²) in [7, 11) is 1.64. The van der Waals surface area contributed by atoms with Crippen LogP contribution in [0.25, 0.3) is 0 Å². The monoisotopic (exact) mass is 893 g/mol. The molecule has 62 heavy (non-hydrogen) atoms. The highest BCUT2D eigenvalue weighted by atomic mass is 16.6. The van der Waals surface area contributed by atoms with Gasteiger partial charge in [-0.05, 0) is 12.8 Å². The summed E-state index contributed by atoms with van der Waals surface area (Å²) in [6.07, 6.45) is 1.34. The molecule has 6 N–H and O–H groups in total. The van der Waals surface area contributed by atoms with Crippen molar-refractivity contribution in [3.63, 3.8) is 0 Å². The van der Waals surface area contributed by atoms with Crippen molar-refractivity contribution >= 4 is 35.0 Å². The normalized spacial score (nSPS) is 11.3. The second kappa shape index (κ2) is 41.5. The summed E-state index contributed by atoms with van der Waals surface area (Å²) in [5, 5.41) is 5.22. The van der Waals surface area contributed by atoms with Gasteiger partial charge < -0.3 is 78.9 Å². The summed E-state index contributed by atoms with van der Waals surface area (Å²) < 4.78 is 64.8. The molecule has 358 valence electrons. The highest BCUT2D eigenvalue weighted by molar-refractivity contribution is 6.01. The minimum atomic E-state index is -0.618. The number of amides is 2. The molecule has 1 rings (SSSR count). The van der Waals surface area contributed by atoms with Gasteiger partial charge in [-0.1, -0.05) is 0 Å². The molecule has 1 aromatic rings. The SMILES string of the molecule is COCCOCCOCCOCCOCCOCCOCCOCCOCCOCCOCCOCCC(=O)CCCNC(=O)c1nc(N)c(C(=O)CCCNC(C)=O)nc1N. The Morgan fingerprint density at radius 3 is 1.15 bits per heavy atom. The van der Waals surface area contributed by atoms with Crippen molar-refractivity contribution in [2.45, 2.75) is 39.0 Å². The predicted molar refractivity (Wildman–Crippen MR) is 225 cm³/mol. The van der Waals surface area contributed by atoms with Gasteiger partial charge in [-0.3, -0.25) is 19.2 Å². The van der Waals surface area contributed by atoms with E-state index in [1.165, 1.54) is 6.92 Å². The van der Waals surface area contributed by atoms with E-state index in [1.54, 1.807) is 7.11 Å². The molecule has 0 aliphatic carbocycles. The molecular formula is C40H72N6O16. The Bertz CT molecular complexity index is 1300. The molecule has 0 saturated carbocycles. The smallest absolute Gasteiger partial charge is 0.273 e. The van der Waals surface area contributed by atoms with E-state index in [4.69, 9.17) is 68.3 Å². The molecule has 0 bridgehead atoms. The minimum absolute atomic E-state index is 0.00838. The van der Waals surface area contributed by atoms with E-state index < -0.39 is 11.7 Å². The van der Waals surface area contributed by atoms with Gasteiger partial charge in [0.2, 0.25) is 5.91 Å². The molecule has 0 radical (unpaired) electrons. The summed E-state index contributed by atoms with van der Waals surface area (Å²) in [6.45, 7) is 12.6. The van der Waals surface area contributed by atoms with Gasteiger partial charge >= 0.3 is 0 Å². The Kier molecular flexibility index (Phi) is 37.8. The van der Waals surface area contributed by atoms with Crippen molar-refractivity contribution in [3.05, 3.63) is 11.4 Å². The molecule has 1 aromatic heterocycles. The summed E-state index contributed by atoms with van der Waals surface area (Å²) in [4.78, 5) is 56.0. The number of Topliss-reactive ketones (excluding diaryl/α,β-unsaturated/α-hetero) is 2. The van der Waals surface area contributed by atoms with E-state index in [1.807, 2.05) is 0 Å². The number of hydrogen-bond donors (Lipinski definition) is 4. The summed E-state index contributed by atoms with van der Waals surface area (Å²) in [5.41, 5.74) is 11.4. The quantitative estimate of drug-likeness (QED) is 0.0497. The molecular weight excluding hydrogens is 820 g/mol. The van der Waals surface area contributed by atoms with E-state index in [0.29, 0.717) is 165 Å². The van der Waals surface area contributed by atoms with Crippen LogP contribution in [0.3, 0.4) is 0 Å². The molecule has 0 aliphatic heterocycles. The van der Waals surface area contributed by atoms with Crippen molar-refractivity contribution in [2.75, 3.05) is 184 Å². The lowest BCUT2D eigenvalue weighted by Gasteiger charge is -2.10. The lowest BCUT2D eigenvalue weighted by molar-refractivity contribution is -0.120. The first kappa shape index (κ1) is 56.5. The fraction of sp³-hybridized carbons (Fsp3) is 0.800. The Morgan fingerprint density at radius 1 is 0.435 bits per heavy atom. The molecule has 0 spiro atoms. The van der Waals surface area contributed by atoms with Crippen LogP contribution in [0.5, 0.6) is 0 Å². The Morgan fingerprint density at radius 2 is 0.758 bits per heavy atom. The topological polar surface area (TPSA) is 281 Å². The number of aromatic nitrogens is 2. The highest BCUT2D eigenvalue weighted by Crippen LogP contribution is 2.15. The van der Waals surface area contributed by atoms with Gasteiger partial charge in [-0.15, -0.1) is 0 Å². The average Bonchev–Trinajstić information content (AvgIpc) is 3.25. The van der Waals surface area contributed by atoms with Crippen LogP contribution < -0.4 is 22.1 Å². The van der Waals surface area contributed by atoms with Gasteiger partial charge in [0, 0.05) is 46.4 Å². The van der Waals surface area contributed by atoms with E-state index in [-0.39, 0.29) is 67.1 Å². The van der Waals surface area contributed by atoms with Crippen LogP contribution in [0.1, 0.15) is 60.0 Å². The van der Waals surface area contributed by atoms with E-state index >= 15 is 0 Å². The third-order valence-corrected chi connectivity index (χ3v) is 7.98. The van der Waals surface area contributed by atoms with Crippen molar-refractivity contribution in [2.24, 2.45) is 0 Å². The van der Waals surface area contributed by atoms with Crippen molar-refractivity contribution in [3.8, 4) is 0 Å². The third kappa shape index (κ3) is 34.0. The highest BCUT2D eigenvalue weighted by Gasteiger charge is 2.20. The molecule has 0 aromatic carbocycles. The number of carbonyl (C=O) groups excluding carboxylic acids is 4. The number of nitrogens with one attached hydrogen (secondary N) is 2. The molecule has 2 amide bonds. The van der Waals surface area contributed by atoms with Crippen molar-refractivity contribution in [1.29, 1.82) is 0 Å². The standard InChI is InChI=1S/C40H72N6O16/c1-33(47)43-8-4-6-35(49)36-38(41)46-37(39(42)45-36)40(50)44-9-3-5-34(48)7-10-52-13-14-54-17-18-56-21-22-58-25-26-60-29-30-62-32-31-61-28-27-59-24-23-57-20-19-55-16-15-53-12-11-51-2/h3-32H2,1-2H3,(H2,41,46)(H2,42,45)(H,43,47)(H,44,50). The van der Waals surface area contributed by atoms with Gasteiger partial charge in [0.25, 0.3) is 5.91 Å². The largest absolute Gasteiger partial charge is 0.382 e. The number of nitrogens with zero attached hydrogens (tertiary/aromatic N) is 2. The number of hydrogen-bond acceptors (Lipinski definition) is 20. The zero-order valence-corrected chi connectivity index (χ0v) is 36.8. The number of nitrogens with two attached hydrogens (primary N) is 2. The number of nitrogen functional groups attached to an aromatic ring is 2. The van der Waals surface area contributed by atoms with E-state index in [0.717, 1.165) is 0 Å². The Balaban J connectivity index is 1.81. The van der Waals surface area contributed by atoms with Gasteiger partial charge in [0.1, 0.15) is 5.78 Å². The van der Waals surface area contributed by atoms with Crippen LogP contribution in [0, 0.1) is 0 Å². The van der Waals surface area contributed by atoms with Crippen LogP contribution in [0.4, 0.5) is 11.6 Å². The first-order chi connectivity index (χ1) is 30.3. The van der Waals surface area contributed by atoms with Crippen LogP contribution in [-0.4, -0.2) is 206 Å². The Labute approximate surface area is 365 Å². The van der Waals surface area contributed by atoms with Crippen LogP contribution in [0.2, 0.25) is 0 Å². The second-order valence-corrected chi connectivity index (χ2v) is 13.1.